The summed E-state index contributed by atoms with van der Waals surface area (Å²) in [5.41, 5.74) is 0.695. The van der Waals surface area contributed by atoms with Crippen molar-refractivity contribution in [1.29, 1.82) is 0 Å². The zero-order valence-corrected chi connectivity index (χ0v) is 24.1. The fourth-order valence-corrected chi connectivity index (χ4v) is 4.16. The molecule has 0 saturated heterocycles. The molecule has 0 N–H and O–H groups in total. The van der Waals surface area contributed by atoms with E-state index in [0.29, 0.717) is 22.6 Å². The summed E-state index contributed by atoms with van der Waals surface area (Å²) in [7, 11) is 0. The van der Waals surface area contributed by atoms with Gasteiger partial charge < -0.3 is 37.3 Å². The van der Waals surface area contributed by atoms with Gasteiger partial charge in [0.2, 0.25) is 0 Å². The summed E-state index contributed by atoms with van der Waals surface area (Å²) in [6.07, 6.45) is 0. The van der Waals surface area contributed by atoms with Crippen LogP contribution in [0.4, 0.5) is 0 Å². The fraction of sp³-hybridized carbons (Fsp3) is 0.312. The SMILES string of the molecule is CCOC(=O)c1c(OCC)oc(-c2oc(OCC)c(C(=O)OCC)c2COc2ccccc2)c1COc1ccccc1. The highest BCUT2D eigenvalue weighted by Gasteiger charge is 2.36. The van der Waals surface area contributed by atoms with Gasteiger partial charge in [-0.1, -0.05) is 36.4 Å². The molecule has 4 rings (SSSR count). The zero-order valence-electron chi connectivity index (χ0n) is 24.1. The van der Waals surface area contributed by atoms with Gasteiger partial charge >= 0.3 is 23.8 Å². The van der Waals surface area contributed by atoms with Crippen LogP contribution in [0, 0.1) is 0 Å². The molecule has 222 valence electrons. The van der Waals surface area contributed by atoms with Gasteiger partial charge in [-0.25, -0.2) is 9.59 Å². The van der Waals surface area contributed by atoms with Crippen molar-refractivity contribution in [3.05, 3.63) is 82.9 Å². The molecule has 0 amide bonds. The molecule has 0 radical (unpaired) electrons. The highest BCUT2D eigenvalue weighted by Crippen LogP contribution is 2.44. The molecule has 0 unspecified atom stereocenters. The number of hydrogen-bond acceptors (Lipinski definition) is 10. The van der Waals surface area contributed by atoms with E-state index in [4.69, 9.17) is 37.3 Å². The van der Waals surface area contributed by atoms with Crippen molar-refractivity contribution in [2.24, 2.45) is 0 Å². The Labute approximate surface area is 244 Å². The third kappa shape index (κ3) is 6.88. The van der Waals surface area contributed by atoms with Crippen molar-refractivity contribution in [2.75, 3.05) is 26.4 Å². The summed E-state index contributed by atoms with van der Waals surface area (Å²) in [4.78, 5) is 26.4. The lowest BCUT2D eigenvalue weighted by atomic mass is 10.0. The number of ether oxygens (including phenoxy) is 6. The topological polar surface area (TPSA) is 116 Å². The van der Waals surface area contributed by atoms with E-state index in [1.807, 2.05) is 36.4 Å². The standard InChI is InChI=1S/C32H34O10/c1-5-35-29(33)25-23(19-39-21-15-11-9-12-16-21)27(41-31(25)37-7-3)28-24(20-40-22-17-13-10-14-18-22)26(30(34)36-6-2)32(42-28)38-8-4/h9-18H,5-8,19-20H2,1-4H3. The van der Waals surface area contributed by atoms with E-state index < -0.39 is 11.9 Å². The van der Waals surface area contributed by atoms with Gasteiger partial charge in [0.05, 0.1) is 37.6 Å². The predicted molar refractivity (Wildman–Crippen MR) is 152 cm³/mol. The van der Waals surface area contributed by atoms with Crippen molar-refractivity contribution in [1.82, 2.24) is 0 Å². The van der Waals surface area contributed by atoms with Crippen LogP contribution in [0.3, 0.4) is 0 Å². The third-order valence-corrected chi connectivity index (χ3v) is 5.92. The van der Waals surface area contributed by atoms with Gasteiger partial charge in [-0.2, -0.15) is 0 Å². The molecular weight excluding hydrogens is 544 g/mol. The Morgan fingerprint density at radius 2 is 0.929 bits per heavy atom. The first-order valence-corrected chi connectivity index (χ1v) is 13.8. The number of hydrogen-bond donors (Lipinski definition) is 0. The highest BCUT2D eigenvalue weighted by molar-refractivity contribution is 5.98. The normalized spacial score (nSPS) is 10.7. The van der Waals surface area contributed by atoms with Crippen molar-refractivity contribution in [3.8, 4) is 34.9 Å². The number of benzene rings is 2. The molecule has 2 aromatic carbocycles. The molecule has 42 heavy (non-hydrogen) atoms. The Bertz CT molecular complexity index is 1340. The minimum atomic E-state index is -0.660. The number of rotatable bonds is 15. The average molecular weight is 579 g/mol. The van der Waals surface area contributed by atoms with Crippen LogP contribution < -0.4 is 18.9 Å². The van der Waals surface area contributed by atoms with Gasteiger partial charge in [0.25, 0.3) is 0 Å². The van der Waals surface area contributed by atoms with Crippen molar-refractivity contribution in [3.63, 3.8) is 0 Å². The lowest BCUT2D eigenvalue weighted by Crippen LogP contribution is -2.11. The molecule has 0 bridgehead atoms. The Morgan fingerprint density at radius 3 is 1.26 bits per heavy atom. The van der Waals surface area contributed by atoms with Gasteiger partial charge in [-0.05, 0) is 52.0 Å². The smallest absolute Gasteiger partial charge is 0.345 e. The van der Waals surface area contributed by atoms with Crippen molar-refractivity contribution >= 4 is 11.9 Å². The molecule has 0 aliphatic heterocycles. The van der Waals surface area contributed by atoms with E-state index in [1.54, 1.807) is 52.0 Å². The summed E-state index contributed by atoms with van der Waals surface area (Å²) >= 11 is 0. The maximum Gasteiger partial charge on any atom is 0.345 e. The summed E-state index contributed by atoms with van der Waals surface area (Å²) in [6.45, 7) is 7.37. The Hall–Kier alpha value is -4.86. The first kappa shape index (κ1) is 30.1. The van der Waals surface area contributed by atoms with Crippen LogP contribution in [-0.4, -0.2) is 38.4 Å². The third-order valence-electron chi connectivity index (χ3n) is 5.92. The van der Waals surface area contributed by atoms with Crippen molar-refractivity contribution in [2.45, 2.75) is 40.9 Å². The molecule has 0 spiro atoms. The first-order chi connectivity index (χ1) is 20.5. The number of carbonyl (C=O) groups excluding carboxylic acids is 2. The van der Waals surface area contributed by atoms with E-state index in [0.717, 1.165) is 0 Å². The maximum absolute atomic E-state index is 13.2. The van der Waals surface area contributed by atoms with E-state index in [9.17, 15) is 9.59 Å². The van der Waals surface area contributed by atoms with E-state index >= 15 is 0 Å². The second-order valence-corrected chi connectivity index (χ2v) is 8.65. The Kier molecular flexibility index (Phi) is 10.5. The second-order valence-electron chi connectivity index (χ2n) is 8.65. The summed E-state index contributed by atoms with van der Waals surface area (Å²) in [5, 5.41) is 0. The Morgan fingerprint density at radius 1 is 0.548 bits per heavy atom. The molecule has 0 saturated carbocycles. The Balaban J connectivity index is 1.92. The lowest BCUT2D eigenvalue weighted by molar-refractivity contribution is 0.0506. The summed E-state index contributed by atoms with van der Waals surface area (Å²) in [6, 6.07) is 18.2. The number of carbonyl (C=O) groups is 2. The molecule has 2 heterocycles. The number of para-hydroxylation sites is 2. The summed E-state index contributed by atoms with van der Waals surface area (Å²) in [5.74, 6) is -0.141. The monoisotopic (exact) mass is 578 g/mol. The molecule has 0 aliphatic carbocycles. The lowest BCUT2D eigenvalue weighted by Gasteiger charge is -2.10. The van der Waals surface area contributed by atoms with E-state index in [1.165, 1.54) is 0 Å². The van der Waals surface area contributed by atoms with E-state index in [2.05, 4.69) is 0 Å². The number of furan rings is 2. The van der Waals surface area contributed by atoms with Crippen LogP contribution in [0.1, 0.15) is 59.5 Å². The highest BCUT2D eigenvalue weighted by atomic mass is 16.6. The molecule has 0 atom stereocenters. The van der Waals surface area contributed by atoms with Crippen LogP contribution in [0.15, 0.2) is 69.5 Å². The largest absolute Gasteiger partial charge is 0.489 e. The van der Waals surface area contributed by atoms with Gasteiger partial charge in [-0.15, -0.1) is 0 Å². The van der Waals surface area contributed by atoms with Gasteiger partial charge in [0, 0.05) is 0 Å². The molecule has 0 fully saturated rings. The molecule has 10 heteroatoms. The van der Waals surface area contributed by atoms with Crippen LogP contribution >= 0.6 is 0 Å². The summed E-state index contributed by atoms with van der Waals surface area (Å²) < 4.78 is 46.5. The fourth-order valence-electron chi connectivity index (χ4n) is 4.16. The average Bonchev–Trinajstić information content (AvgIpc) is 3.54. The number of esters is 2. The predicted octanol–water partition coefficient (Wildman–Crippen LogP) is 6.85. The maximum atomic E-state index is 13.2. The first-order valence-electron chi connectivity index (χ1n) is 13.8. The quantitative estimate of drug-likeness (QED) is 0.139. The van der Waals surface area contributed by atoms with Crippen LogP contribution in [-0.2, 0) is 22.7 Å². The molecule has 10 nitrogen and oxygen atoms in total. The van der Waals surface area contributed by atoms with Gasteiger partial charge in [0.15, 0.2) is 22.6 Å². The zero-order chi connectivity index (χ0) is 29.9. The van der Waals surface area contributed by atoms with Crippen LogP contribution in [0.2, 0.25) is 0 Å². The van der Waals surface area contributed by atoms with E-state index in [-0.39, 0.29) is 74.2 Å². The molecule has 2 aromatic heterocycles. The second kappa shape index (κ2) is 14.7. The van der Waals surface area contributed by atoms with Crippen LogP contribution in [0.25, 0.3) is 11.5 Å². The van der Waals surface area contributed by atoms with Gasteiger partial charge in [-0.3, -0.25) is 0 Å². The van der Waals surface area contributed by atoms with Gasteiger partial charge in [0.1, 0.15) is 24.7 Å². The van der Waals surface area contributed by atoms with Crippen LogP contribution in [0.5, 0.6) is 23.4 Å². The molecule has 4 aromatic rings. The minimum Gasteiger partial charge on any atom is -0.489 e. The minimum absolute atomic E-state index is 0.0478. The molecule has 0 aliphatic rings. The molecular formula is C32H34O10. The van der Waals surface area contributed by atoms with Crippen molar-refractivity contribution < 1.29 is 46.8 Å².